The third kappa shape index (κ3) is 6.57. The number of hydrogen-bond acceptors (Lipinski definition) is 0. The van der Waals surface area contributed by atoms with Crippen LogP contribution >= 0.6 is 0 Å². The molecule has 0 unspecified atom stereocenters. The molecule has 0 saturated carbocycles. The van der Waals surface area contributed by atoms with E-state index in [1.165, 1.54) is 88.7 Å². The Morgan fingerprint density at radius 3 is 1.58 bits per heavy atom. The molecule has 0 spiro atoms. The Morgan fingerprint density at radius 2 is 0.827 bits per heavy atom. The number of fused-ring (bicyclic) bond motifs is 3. The zero-order valence-corrected chi connectivity index (χ0v) is 29.9. The molecule has 0 bridgehead atoms. The molecule has 1 nitrogen and oxygen atoms in total. The predicted octanol–water partition coefficient (Wildman–Crippen LogP) is 14.1. The van der Waals surface area contributed by atoms with Crippen molar-refractivity contribution in [2.75, 3.05) is 0 Å². The standard InChI is InChI=1S/C38H29N.C13H12/c1-26-11-6-7-16-33(26)35-24-30(20-19-27(35)2)31-21-22-38-36(25-31)34-17-8-9-18-37(34)39(38)32-15-10-14-29(23-32)28-12-4-3-5-13-28;1-11-7-9-13(10-8-11)12-5-3-2-4-6-12/h3-25H,1-2H3;2-10H,1H3. The van der Waals surface area contributed by atoms with E-state index in [1.54, 1.807) is 0 Å². The first-order chi connectivity index (χ1) is 25.5. The minimum Gasteiger partial charge on any atom is -0.309 e. The zero-order valence-electron chi connectivity index (χ0n) is 29.9. The summed E-state index contributed by atoms with van der Waals surface area (Å²) in [6.45, 7) is 6.50. The van der Waals surface area contributed by atoms with E-state index < -0.39 is 0 Å². The number of para-hydroxylation sites is 1. The lowest BCUT2D eigenvalue weighted by atomic mass is 9.92. The normalized spacial score (nSPS) is 11.0. The van der Waals surface area contributed by atoms with Gasteiger partial charge in [0.25, 0.3) is 0 Å². The van der Waals surface area contributed by atoms with Gasteiger partial charge in [0.15, 0.2) is 0 Å². The Balaban J connectivity index is 0.000000250. The van der Waals surface area contributed by atoms with Gasteiger partial charge in [-0.1, -0.05) is 163 Å². The highest BCUT2D eigenvalue weighted by atomic mass is 15.0. The second-order valence-electron chi connectivity index (χ2n) is 13.6. The number of aromatic nitrogens is 1. The molecule has 0 atom stereocenters. The van der Waals surface area contributed by atoms with Crippen molar-refractivity contribution >= 4 is 21.8 Å². The van der Waals surface area contributed by atoms with Gasteiger partial charge in [0.1, 0.15) is 0 Å². The van der Waals surface area contributed by atoms with E-state index in [-0.39, 0.29) is 0 Å². The quantitative estimate of drug-likeness (QED) is 0.172. The van der Waals surface area contributed by atoms with Crippen LogP contribution in [0.3, 0.4) is 0 Å². The van der Waals surface area contributed by atoms with Gasteiger partial charge >= 0.3 is 0 Å². The molecule has 1 heteroatoms. The van der Waals surface area contributed by atoms with E-state index in [9.17, 15) is 0 Å². The molecule has 0 saturated heterocycles. The van der Waals surface area contributed by atoms with Gasteiger partial charge in [-0.3, -0.25) is 0 Å². The van der Waals surface area contributed by atoms with E-state index >= 15 is 0 Å². The summed E-state index contributed by atoms with van der Waals surface area (Å²) in [4.78, 5) is 0. The number of hydrogen-bond donors (Lipinski definition) is 0. The maximum absolute atomic E-state index is 2.40. The number of rotatable bonds is 5. The van der Waals surface area contributed by atoms with Crippen molar-refractivity contribution < 1.29 is 0 Å². The molecule has 1 aromatic heterocycles. The van der Waals surface area contributed by atoms with Gasteiger partial charge in [0.05, 0.1) is 11.0 Å². The molecule has 0 amide bonds. The lowest BCUT2D eigenvalue weighted by Crippen LogP contribution is -1.94. The zero-order chi connectivity index (χ0) is 35.4. The van der Waals surface area contributed by atoms with E-state index in [4.69, 9.17) is 0 Å². The van der Waals surface area contributed by atoms with Crippen LogP contribution in [-0.4, -0.2) is 4.57 Å². The van der Waals surface area contributed by atoms with Gasteiger partial charge in [-0.15, -0.1) is 0 Å². The van der Waals surface area contributed by atoms with Gasteiger partial charge in [0, 0.05) is 16.5 Å². The van der Waals surface area contributed by atoms with E-state index in [0.717, 1.165) is 0 Å². The van der Waals surface area contributed by atoms with Crippen LogP contribution in [0.5, 0.6) is 0 Å². The highest BCUT2D eigenvalue weighted by Gasteiger charge is 2.15. The minimum absolute atomic E-state index is 1.17. The van der Waals surface area contributed by atoms with Gasteiger partial charge in [-0.05, 0) is 113 Å². The molecular weight excluding hydrogens is 627 g/mol. The van der Waals surface area contributed by atoms with Crippen molar-refractivity contribution in [1.29, 1.82) is 0 Å². The summed E-state index contributed by atoms with van der Waals surface area (Å²) in [5, 5.41) is 2.54. The topological polar surface area (TPSA) is 4.93 Å². The summed E-state index contributed by atoms with van der Waals surface area (Å²) in [7, 11) is 0. The summed E-state index contributed by atoms with van der Waals surface area (Å²) in [5.74, 6) is 0. The lowest BCUT2D eigenvalue weighted by Gasteiger charge is -2.13. The molecule has 9 aromatic rings. The fourth-order valence-corrected chi connectivity index (χ4v) is 7.23. The Morgan fingerprint density at radius 1 is 0.308 bits per heavy atom. The van der Waals surface area contributed by atoms with Gasteiger partial charge in [0.2, 0.25) is 0 Å². The first-order valence-corrected chi connectivity index (χ1v) is 18.0. The summed E-state index contributed by atoms with van der Waals surface area (Å²) >= 11 is 0. The van der Waals surface area contributed by atoms with Crippen LogP contribution in [0.1, 0.15) is 16.7 Å². The Kier molecular flexibility index (Phi) is 9.08. The molecule has 0 aliphatic heterocycles. The first-order valence-electron chi connectivity index (χ1n) is 18.0. The Hall–Kier alpha value is -6.44. The van der Waals surface area contributed by atoms with Gasteiger partial charge < -0.3 is 4.57 Å². The average Bonchev–Trinajstić information content (AvgIpc) is 3.53. The van der Waals surface area contributed by atoms with Crippen molar-refractivity contribution in [2.45, 2.75) is 20.8 Å². The van der Waals surface area contributed by atoms with E-state index in [2.05, 4.69) is 213 Å². The van der Waals surface area contributed by atoms with Crippen LogP contribution in [0.15, 0.2) is 194 Å². The molecule has 1 heterocycles. The molecule has 250 valence electrons. The molecule has 0 N–H and O–H groups in total. The Labute approximate surface area is 307 Å². The fraction of sp³-hybridized carbons (Fsp3) is 0.0588. The van der Waals surface area contributed by atoms with Crippen LogP contribution in [0.4, 0.5) is 0 Å². The first kappa shape index (κ1) is 32.7. The number of aryl methyl sites for hydroxylation is 3. The van der Waals surface area contributed by atoms with Crippen LogP contribution in [0, 0.1) is 20.8 Å². The van der Waals surface area contributed by atoms with Crippen LogP contribution in [0.25, 0.3) is 72.0 Å². The maximum Gasteiger partial charge on any atom is 0.0541 e. The molecule has 0 aliphatic rings. The summed E-state index contributed by atoms with van der Waals surface area (Å²) in [6.07, 6.45) is 0. The fourth-order valence-electron chi connectivity index (χ4n) is 7.23. The molecule has 8 aromatic carbocycles. The lowest BCUT2D eigenvalue weighted by molar-refractivity contribution is 1.18. The smallest absolute Gasteiger partial charge is 0.0541 e. The largest absolute Gasteiger partial charge is 0.309 e. The van der Waals surface area contributed by atoms with E-state index in [1.807, 2.05) is 6.07 Å². The third-order valence-corrected chi connectivity index (χ3v) is 10.0. The number of nitrogens with zero attached hydrogens (tertiary/aromatic N) is 1. The molecule has 52 heavy (non-hydrogen) atoms. The van der Waals surface area contributed by atoms with Crippen molar-refractivity contribution in [3.8, 4) is 50.2 Å². The van der Waals surface area contributed by atoms with Crippen LogP contribution in [-0.2, 0) is 0 Å². The molecule has 9 rings (SSSR count). The molecule has 0 fully saturated rings. The highest BCUT2D eigenvalue weighted by Crippen LogP contribution is 2.37. The average molecular weight is 668 g/mol. The maximum atomic E-state index is 2.40. The molecular formula is C51H41N. The van der Waals surface area contributed by atoms with Crippen molar-refractivity contribution in [3.63, 3.8) is 0 Å². The van der Waals surface area contributed by atoms with Crippen molar-refractivity contribution in [3.05, 3.63) is 211 Å². The minimum atomic E-state index is 1.17. The monoisotopic (exact) mass is 667 g/mol. The highest BCUT2D eigenvalue weighted by molar-refractivity contribution is 6.10. The van der Waals surface area contributed by atoms with Crippen LogP contribution in [0.2, 0.25) is 0 Å². The van der Waals surface area contributed by atoms with E-state index in [0.29, 0.717) is 0 Å². The Bertz CT molecular complexity index is 2630. The summed E-state index contributed by atoms with van der Waals surface area (Å²) in [6, 6.07) is 69.6. The van der Waals surface area contributed by atoms with Crippen molar-refractivity contribution in [1.82, 2.24) is 4.57 Å². The number of benzene rings is 8. The van der Waals surface area contributed by atoms with Crippen molar-refractivity contribution in [2.24, 2.45) is 0 Å². The van der Waals surface area contributed by atoms with Gasteiger partial charge in [-0.25, -0.2) is 0 Å². The summed E-state index contributed by atoms with van der Waals surface area (Å²) in [5.41, 5.74) is 17.6. The second-order valence-corrected chi connectivity index (χ2v) is 13.6. The molecule has 0 aliphatic carbocycles. The second kappa shape index (κ2) is 14.4. The SMILES string of the molecule is Cc1ccc(-c2ccccc2)cc1.Cc1ccccc1-c1cc(-c2ccc3c(c2)c2ccccc2n3-c2cccc(-c3ccccc3)c2)ccc1C. The van der Waals surface area contributed by atoms with Gasteiger partial charge in [-0.2, -0.15) is 0 Å². The van der Waals surface area contributed by atoms with Crippen LogP contribution < -0.4 is 0 Å². The summed E-state index contributed by atoms with van der Waals surface area (Å²) < 4.78 is 2.40. The third-order valence-electron chi connectivity index (χ3n) is 10.0. The molecule has 0 radical (unpaired) electrons. The predicted molar refractivity (Wildman–Crippen MR) is 223 cm³/mol.